The minimum atomic E-state index is 0.171. The van der Waals surface area contributed by atoms with Crippen LogP contribution in [0, 0.1) is 18.3 Å². The van der Waals surface area contributed by atoms with Crippen molar-refractivity contribution in [2.75, 3.05) is 19.6 Å². The number of benzene rings is 1. The lowest BCUT2D eigenvalue weighted by molar-refractivity contribution is 0.226. The molecular weight excluding hydrogens is 244 g/mol. The molecule has 2 atom stereocenters. The summed E-state index contributed by atoms with van der Waals surface area (Å²) in [5.74, 6) is 0.831. The van der Waals surface area contributed by atoms with E-state index in [1.54, 1.807) is 0 Å². The fourth-order valence-corrected chi connectivity index (χ4v) is 3.22. The molecule has 2 nitrogen and oxygen atoms in total. The minimum Gasteiger partial charge on any atom is -0.324 e. The van der Waals surface area contributed by atoms with E-state index in [1.807, 2.05) is 0 Å². The summed E-state index contributed by atoms with van der Waals surface area (Å²) in [5.41, 5.74) is 9.42. The third kappa shape index (κ3) is 3.83. The summed E-state index contributed by atoms with van der Waals surface area (Å²) < 4.78 is 0. The van der Waals surface area contributed by atoms with Crippen LogP contribution in [0.2, 0.25) is 0 Å². The molecule has 0 saturated carbocycles. The maximum Gasteiger partial charge on any atom is 0.0309 e. The molecule has 1 aliphatic rings. The van der Waals surface area contributed by atoms with Crippen molar-refractivity contribution in [1.82, 2.24) is 4.90 Å². The average molecular weight is 274 g/mol. The highest BCUT2D eigenvalue weighted by molar-refractivity contribution is 5.28. The van der Waals surface area contributed by atoms with Gasteiger partial charge in [0.05, 0.1) is 0 Å². The zero-order valence-electron chi connectivity index (χ0n) is 13.5. The van der Waals surface area contributed by atoms with E-state index >= 15 is 0 Å². The van der Waals surface area contributed by atoms with Crippen LogP contribution in [0.1, 0.15) is 50.8 Å². The first-order valence-electron chi connectivity index (χ1n) is 7.91. The number of nitrogens with two attached hydrogens (primary N) is 1. The number of hydrogen-bond donors (Lipinski definition) is 1. The molecule has 1 aliphatic heterocycles. The summed E-state index contributed by atoms with van der Waals surface area (Å²) in [5, 5.41) is 0. The third-order valence-electron chi connectivity index (χ3n) is 4.84. The van der Waals surface area contributed by atoms with Crippen molar-refractivity contribution in [3.8, 4) is 0 Å². The van der Waals surface area contributed by atoms with Crippen molar-refractivity contribution < 1.29 is 0 Å². The largest absolute Gasteiger partial charge is 0.324 e. The maximum atomic E-state index is 6.37. The first-order chi connectivity index (χ1) is 9.38. The normalized spacial score (nSPS) is 22.1. The third-order valence-corrected chi connectivity index (χ3v) is 4.84. The zero-order valence-corrected chi connectivity index (χ0v) is 13.5. The second kappa shape index (κ2) is 6.28. The number of nitrogens with zero attached hydrogens (tertiary/aromatic N) is 1. The smallest absolute Gasteiger partial charge is 0.0309 e. The Labute approximate surface area is 124 Å². The summed E-state index contributed by atoms with van der Waals surface area (Å²) in [6.45, 7) is 12.8. The summed E-state index contributed by atoms with van der Waals surface area (Å²) in [6.07, 6.45) is 2.39. The van der Waals surface area contributed by atoms with Crippen LogP contribution in [0.4, 0.5) is 0 Å². The van der Waals surface area contributed by atoms with E-state index in [1.165, 1.54) is 30.6 Å². The van der Waals surface area contributed by atoms with Crippen LogP contribution in [-0.4, -0.2) is 24.5 Å². The fraction of sp³-hybridized carbons (Fsp3) is 0.667. The SMILES string of the molecule is Cc1ccccc1C(N)CCN1CCC(C(C)(C)C)C1. The highest BCUT2D eigenvalue weighted by Crippen LogP contribution is 2.33. The van der Waals surface area contributed by atoms with E-state index in [0.717, 1.165) is 18.9 Å². The van der Waals surface area contributed by atoms with Gasteiger partial charge in [0.15, 0.2) is 0 Å². The van der Waals surface area contributed by atoms with E-state index in [-0.39, 0.29) is 6.04 Å². The molecule has 0 aromatic heterocycles. The van der Waals surface area contributed by atoms with Gasteiger partial charge in [0, 0.05) is 12.6 Å². The predicted molar refractivity (Wildman–Crippen MR) is 86.7 cm³/mol. The summed E-state index contributed by atoms with van der Waals surface area (Å²) in [6, 6.07) is 8.67. The van der Waals surface area contributed by atoms with Gasteiger partial charge in [-0.1, -0.05) is 45.0 Å². The van der Waals surface area contributed by atoms with Gasteiger partial charge in [0.1, 0.15) is 0 Å². The van der Waals surface area contributed by atoms with E-state index in [4.69, 9.17) is 5.73 Å². The Morgan fingerprint density at radius 2 is 2.00 bits per heavy atom. The Balaban J connectivity index is 1.83. The van der Waals surface area contributed by atoms with Gasteiger partial charge in [-0.2, -0.15) is 0 Å². The lowest BCUT2D eigenvalue weighted by atomic mass is 9.80. The molecule has 2 N–H and O–H groups in total. The van der Waals surface area contributed by atoms with E-state index in [2.05, 4.69) is 56.9 Å². The monoisotopic (exact) mass is 274 g/mol. The molecule has 0 bridgehead atoms. The summed E-state index contributed by atoms with van der Waals surface area (Å²) in [4.78, 5) is 2.59. The Kier molecular flexibility index (Phi) is 4.87. The van der Waals surface area contributed by atoms with Crippen LogP contribution in [0.15, 0.2) is 24.3 Å². The van der Waals surface area contributed by atoms with E-state index in [0.29, 0.717) is 5.41 Å². The zero-order chi connectivity index (χ0) is 14.8. The van der Waals surface area contributed by atoms with Gasteiger partial charge in [-0.15, -0.1) is 0 Å². The molecule has 2 unspecified atom stereocenters. The fourth-order valence-electron chi connectivity index (χ4n) is 3.22. The number of hydrogen-bond acceptors (Lipinski definition) is 2. The second-order valence-corrected chi connectivity index (χ2v) is 7.40. The van der Waals surface area contributed by atoms with Crippen molar-refractivity contribution in [2.24, 2.45) is 17.1 Å². The quantitative estimate of drug-likeness (QED) is 0.906. The molecule has 20 heavy (non-hydrogen) atoms. The van der Waals surface area contributed by atoms with Gasteiger partial charge in [0.2, 0.25) is 0 Å². The van der Waals surface area contributed by atoms with Gasteiger partial charge in [-0.25, -0.2) is 0 Å². The van der Waals surface area contributed by atoms with E-state index in [9.17, 15) is 0 Å². The van der Waals surface area contributed by atoms with Crippen molar-refractivity contribution in [3.05, 3.63) is 35.4 Å². The number of rotatable bonds is 4. The molecule has 1 heterocycles. The maximum absolute atomic E-state index is 6.37. The van der Waals surface area contributed by atoms with Crippen LogP contribution in [0.25, 0.3) is 0 Å². The van der Waals surface area contributed by atoms with Crippen molar-refractivity contribution >= 4 is 0 Å². The molecule has 1 aromatic carbocycles. The molecule has 1 fully saturated rings. The van der Waals surface area contributed by atoms with Gasteiger partial charge < -0.3 is 10.6 Å². The molecule has 1 saturated heterocycles. The van der Waals surface area contributed by atoms with Crippen LogP contribution < -0.4 is 5.73 Å². The Morgan fingerprint density at radius 1 is 1.30 bits per heavy atom. The highest BCUT2D eigenvalue weighted by Gasteiger charge is 2.31. The molecule has 0 spiro atoms. The van der Waals surface area contributed by atoms with Gasteiger partial charge >= 0.3 is 0 Å². The van der Waals surface area contributed by atoms with Crippen LogP contribution in [-0.2, 0) is 0 Å². The molecule has 2 rings (SSSR count). The Hall–Kier alpha value is -0.860. The first-order valence-corrected chi connectivity index (χ1v) is 7.91. The van der Waals surface area contributed by atoms with Crippen molar-refractivity contribution in [1.29, 1.82) is 0 Å². The Morgan fingerprint density at radius 3 is 2.60 bits per heavy atom. The average Bonchev–Trinajstić information content (AvgIpc) is 2.85. The summed E-state index contributed by atoms with van der Waals surface area (Å²) in [7, 11) is 0. The van der Waals surface area contributed by atoms with Crippen LogP contribution in [0.3, 0.4) is 0 Å². The number of aryl methyl sites for hydroxylation is 1. The van der Waals surface area contributed by atoms with E-state index < -0.39 is 0 Å². The molecule has 0 amide bonds. The van der Waals surface area contributed by atoms with Gasteiger partial charge in [-0.3, -0.25) is 0 Å². The second-order valence-electron chi connectivity index (χ2n) is 7.40. The first kappa shape index (κ1) is 15.5. The highest BCUT2D eigenvalue weighted by atomic mass is 15.1. The molecule has 112 valence electrons. The molecule has 2 heteroatoms. The lowest BCUT2D eigenvalue weighted by Gasteiger charge is -2.27. The lowest BCUT2D eigenvalue weighted by Crippen LogP contribution is -2.28. The minimum absolute atomic E-state index is 0.171. The van der Waals surface area contributed by atoms with Gasteiger partial charge in [0.25, 0.3) is 0 Å². The Bertz CT molecular complexity index is 433. The molecule has 0 aliphatic carbocycles. The molecule has 1 aromatic rings. The topological polar surface area (TPSA) is 29.3 Å². The van der Waals surface area contributed by atoms with Gasteiger partial charge in [-0.05, 0) is 55.3 Å². The van der Waals surface area contributed by atoms with Crippen LogP contribution in [0.5, 0.6) is 0 Å². The summed E-state index contributed by atoms with van der Waals surface area (Å²) >= 11 is 0. The predicted octanol–water partition coefficient (Wildman–Crippen LogP) is 3.75. The molecule has 0 radical (unpaired) electrons. The molecular formula is C18H30N2. The van der Waals surface area contributed by atoms with Crippen LogP contribution >= 0.6 is 0 Å². The number of likely N-dealkylation sites (tertiary alicyclic amines) is 1. The van der Waals surface area contributed by atoms with Crippen molar-refractivity contribution in [2.45, 2.75) is 46.6 Å². The van der Waals surface area contributed by atoms with Crippen molar-refractivity contribution in [3.63, 3.8) is 0 Å². The standard InChI is InChI=1S/C18H30N2/c1-14-7-5-6-8-16(14)17(19)10-12-20-11-9-15(13-20)18(2,3)4/h5-8,15,17H,9-13,19H2,1-4H3.